The maximum Gasteiger partial charge on any atom is 0.416 e. The van der Waals surface area contributed by atoms with E-state index in [0.29, 0.717) is 15.5 Å². The number of ether oxygens (including phenoxy) is 2. The number of carbonyl (C=O) groups excluding carboxylic acids is 1. The Morgan fingerprint density at radius 1 is 1.22 bits per heavy atom. The first kappa shape index (κ1) is 20.6. The van der Waals surface area contributed by atoms with Crippen LogP contribution in [0.3, 0.4) is 0 Å². The minimum atomic E-state index is -4.50. The number of rotatable bonds is 6. The summed E-state index contributed by atoms with van der Waals surface area (Å²) in [7, 11) is 0. The number of hydrogen-bond donors (Lipinski definition) is 0. The Hall–Kier alpha value is -2.66. The highest BCUT2D eigenvalue weighted by Crippen LogP contribution is 2.36. The molecule has 0 saturated carbocycles. The number of nitrogens with zero attached hydrogens (tertiary/aromatic N) is 1. The van der Waals surface area contributed by atoms with Crippen molar-refractivity contribution in [1.29, 1.82) is 5.26 Å². The van der Waals surface area contributed by atoms with Gasteiger partial charge in [0.1, 0.15) is 11.8 Å². The fraction of sp³-hybridized carbons (Fsp3) is 0.263. The van der Waals surface area contributed by atoms with Crippen LogP contribution in [0.2, 0.25) is 0 Å². The molecule has 0 bridgehead atoms. The van der Waals surface area contributed by atoms with Gasteiger partial charge in [0.25, 0.3) is 0 Å². The molecule has 0 aliphatic heterocycles. The van der Waals surface area contributed by atoms with Crippen molar-refractivity contribution >= 4 is 17.7 Å². The van der Waals surface area contributed by atoms with Crippen molar-refractivity contribution in [3.05, 3.63) is 53.6 Å². The van der Waals surface area contributed by atoms with Gasteiger partial charge in [0, 0.05) is 9.79 Å². The van der Waals surface area contributed by atoms with Gasteiger partial charge in [-0.1, -0.05) is 11.8 Å². The molecule has 0 spiro atoms. The highest BCUT2D eigenvalue weighted by molar-refractivity contribution is 7.99. The summed E-state index contributed by atoms with van der Waals surface area (Å²) in [4.78, 5) is 12.7. The van der Waals surface area contributed by atoms with Gasteiger partial charge in [-0.05, 0) is 56.3 Å². The van der Waals surface area contributed by atoms with E-state index in [-0.39, 0.29) is 12.2 Å². The van der Waals surface area contributed by atoms with Gasteiger partial charge in [-0.2, -0.15) is 18.4 Å². The minimum absolute atomic E-state index is 0.0499. The van der Waals surface area contributed by atoms with Crippen LogP contribution in [0.5, 0.6) is 5.75 Å². The second-order valence-electron chi connectivity index (χ2n) is 5.41. The zero-order valence-electron chi connectivity index (χ0n) is 14.5. The first-order valence-corrected chi connectivity index (χ1v) is 8.78. The van der Waals surface area contributed by atoms with E-state index in [2.05, 4.69) is 0 Å². The molecule has 8 heteroatoms. The standard InChI is InChI=1S/C19H16F3NO3S/c1-3-25-18(24)12(2)26-15-5-7-16(8-6-15)27-17-9-4-14(19(20,21)22)10-13(17)11-23/h4-10,12H,3H2,1-2H3. The fourth-order valence-corrected chi connectivity index (χ4v) is 2.98. The van der Waals surface area contributed by atoms with Gasteiger partial charge in [-0.15, -0.1) is 0 Å². The molecular formula is C19H16F3NO3S. The molecule has 0 aliphatic rings. The molecule has 0 aliphatic carbocycles. The Labute approximate surface area is 158 Å². The van der Waals surface area contributed by atoms with Crippen LogP contribution in [-0.2, 0) is 15.7 Å². The molecule has 2 aromatic carbocycles. The lowest BCUT2D eigenvalue weighted by atomic mass is 10.1. The Kier molecular flexibility index (Phi) is 6.75. The summed E-state index contributed by atoms with van der Waals surface area (Å²) in [6.07, 6.45) is -5.26. The summed E-state index contributed by atoms with van der Waals surface area (Å²) in [5, 5.41) is 9.13. The molecule has 27 heavy (non-hydrogen) atoms. The monoisotopic (exact) mass is 395 g/mol. The highest BCUT2D eigenvalue weighted by Gasteiger charge is 2.31. The molecule has 0 radical (unpaired) electrons. The summed E-state index contributed by atoms with van der Waals surface area (Å²) in [6.45, 7) is 3.53. The number of halogens is 3. The zero-order chi connectivity index (χ0) is 20.0. The molecule has 1 atom stereocenters. The van der Waals surface area contributed by atoms with E-state index in [0.717, 1.165) is 23.9 Å². The molecule has 0 saturated heterocycles. The Morgan fingerprint density at radius 3 is 2.44 bits per heavy atom. The summed E-state index contributed by atoms with van der Waals surface area (Å²) >= 11 is 1.16. The predicted octanol–water partition coefficient (Wildman–Crippen LogP) is 5.06. The van der Waals surface area contributed by atoms with E-state index in [1.54, 1.807) is 44.2 Å². The lowest BCUT2D eigenvalue weighted by Gasteiger charge is -2.13. The third-order valence-corrected chi connectivity index (χ3v) is 4.49. The number of alkyl halides is 3. The predicted molar refractivity (Wildman–Crippen MR) is 93.4 cm³/mol. The van der Waals surface area contributed by atoms with Gasteiger partial charge in [0.2, 0.25) is 0 Å². The number of esters is 1. The molecule has 1 unspecified atom stereocenters. The number of benzene rings is 2. The smallest absolute Gasteiger partial charge is 0.416 e. The average Bonchev–Trinajstić information content (AvgIpc) is 2.62. The van der Waals surface area contributed by atoms with Gasteiger partial charge < -0.3 is 9.47 Å². The molecule has 0 heterocycles. The minimum Gasteiger partial charge on any atom is -0.479 e. The van der Waals surface area contributed by atoms with Gasteiger partial charge in [-0.25, -0.2) is 4.79 Å². The molecule has 0 aromatic heterocycles. The van der Waals surface area contributed by atoms with E-state index in [1.165, 1.54) is 6.07 Å². The molecule has 0 fully saturated rings. The quantitative estimate of drug-likeness (QED) is 0.640. The van der Waals surface area contributed by atoms with Crippen LogP contribution in [-0.4, -0.2) is 18.7 Å². The molecule has 142 valence electrons. The van der Waals surface area contributed by atoms with Crippen molar-refractivity contribution in [3.8, 4) is 11.8 Å². The van der Waals surface area contributed by atoms with Crippen LogP contribution in [0.1, 0.15) is 25.0 Å². The molecule has 4 nitrogen and oxygen atoms in total. The highest BCUT2D eigenvalue weighted by atomic mass is 32.2. The number of carbonyl (C=O) groups is 1. The Bertz CT molecular complexity index is 845. The van der Waals surface area contributed by atoms with Crippen LogP contribution in [0.25, 0.3) is 0 Å². The van der Waals surface area contributed by atoms with E-state index >= 15 is 0 Å². The first-order chi connectivity index (χ1) is 12.7. The lowest BCUT2D eigenvalue weighted by molar-refractivity contribution is -0.150. The normalized spacial score (nSPS) is 12.1. The van der Waals surface area contributed by atoms with Crippen LogP contribution in [0.4, 0.5) is 13.2 Å². The third-order valence-electron chi connectivity index (χ3n) is 3.41. The van der Waals surface area contributed by atoms with Crippen LogP contribution in [0, 0.1) is 11.3 Å². The SMILES string of the molecule is CCOC(=O)C(C)Oc1ccc(Sc2ccc(C(F)(F)F)cc2C#N)cc1. The van der Waals surface area contributed by atoms with E-state index in [1.807, 2.05) is 0 Å². The number of hydrogen-bond acceptors (Lipinski definition) is 5. The Balaban J connectivity index is 2.11. The van der Waals surface area contributed by atoms with Crippen LogP contribution < -0.4 is 4.74 Å². The van der Waals surface area contributed by atoms with Gasteiger partial charge >= 0.3 is 12.1 Å². The third kappa shape index (κ3) is 5.66. The lowest BCUT2D eigenvalue weighted by Crippen LogP contribution is -2.25. The zero-order valence-corrected chi connectivity index (χ0v) is 15.4. The molecular weight excluding hydrogens is 379 g/mol. The van der Waals surface area contributed by atoms with E-state index in [9.17, 15) is 18.0 Å². The van der Waals surface area contributed by atoms with Crippen molar-refractivity contribution in [1.82, 2.24) is 0 Å². The van der Waals surface area contributed by atoms with Crippen molar-refractivity contribution in [2.75, 3.05) is 6.61 Å². The van der Waals surface area contributed by atoms with Crippen molar-refractivity contribution in [3.63, 3.8) is 0 Å². The van der Waals surface area contributed by atoms with Crippen molar-refractivity contribution in [2.24, 2.45) is 0 Å². The molecule has 2 aromatic rings. The average molecular weight is 395 g/mol. The second-order valence-corrected chi connectivity index (χ2v) is 6.52. The van der Waals surface area contributed by atoms with E-state index in [4.69, 9.17) is 14.7 Å². The van der Waals surface area contributed by atoms with E-state index < -0.39 is 23.8 Å². The molecule has 0 N–H and O–H groups in total. The second kappa shape index (κ2) is 8.82. The van der Waals surface area contributed by atoms with Crippen LogP contribution in [0.15, 0.2) is 52.3 Å². The Morgan fingerprint density at radius 2 is 1.89 bits per heavy atom. The maximum absolute atomic E-state index is 12.8. The fourth-order valence-electron chi connectivity index (χ4n) is 2.11. The maximum atomic E-state index is 12.8. The van der Waals surface area contributed by atoms with Gasteiger partial charge in [0.05, 0.1) is 17.7 Å². The number of nitriles is 1. The summed E-state index contributed by atoms with van der Waals surface area (Å²) in [5.41, 5.74) is -0.911. The summed E-state index contributed by atoms with van der Waals surface area (Å²) in [6, 6.07) is 11.5. The molecule has 0 amide bonds. The summed E-state index contributed by atoms with van der Waals surface area (Å²) in [5.74, 6) is -0.0211. The van der Waals surface area contributed by atoms with Gasteiger partial charge in [0.15, 0.2) is 6.10 Å². The van der Waals surface area contributed by atoms with Crippen LogP contribution >= 0.6 is 11.8 Å². The van der Waals surface area contributed by atoms with Crippen molar-refractivity contribution < 1.29 is 27.4 Å². The topological polar surface area (TPSA) is 59.3 Å². The van der Waals surface area contributed by atoms with Gasteiger partial charge in [-0.3, -0.25) is 0 Å². The van der Waals surface area contributed by atoms with Crippen molar-refractivity contribution in [2.45, 2.75) is 35.9 Å². The summed E-state index contributed by atoms with van der Waals surface area (Å²) < 4.78 is 48.6. The largest absolute Gasteiger partial charge is 0.479 e. The molecule has 2 rings (SSSR count). The first-order valence-electron chi connectivity index (χ1n) is 7.97.